The molecule has 0 bridgehead atoms. The largest absolute Gasteiger partial charge is 0.458 e. The fraction of sp³-hybridized carbons (Fsp3) is 0.238. The van der Waals surface area contributed by atoms with Crippen molar-refractivity contribution in [1.29, 1.82) is 0 Å². The molecule has 0 radical (unpaired) electrons. The minimum Gasteiger partial charge on any atom is -0.458 e. The molecule has 0 fully saturated rings. The van der Waals surface area contributed by atoms with Gasteiger partial charge in [-0.25, -0.2) is 4.98 Å². The minimum atomic E-state index is -0.0374. The summed E-state index contributed by atoms with van der Waals surface area (Å²) in [6.07, 6.45) is 5.86. The molecule has 5 nitrogen and oxygen atoms in total. The molecule has 0 aliphatic heterocycles. The number of benzene rings is 7. The van der Waals surface area contributed by atoms with Crippen LogP contribution in [0.1, 0.15) is 97.4 Å². The molecule has 0 amide bonds. The molecular weight excluding hydrogens is 829 g/mol. The van der Waals surface area contributed by atoms with Gasteiger partial charge >= 0.3 is 0 Å². The first-order valence-electron chi connectivity index (χ1n) is 24.0. The van der Waals surface area contributed by atoms with Crippen molar-refractivity contribution >= 4 is 32.8 Å². The molecule has 0 aliphatic rings. The van der Waals surface area contributed by atoms with Crippen molar-refractivity contribution < 1.29 is 9.30 Å². The average molecular weight is 891 g/mol. The number of aryl methyl sites for hydroxylation is 1. The van der Waals surface area contributed by atoms with Crippen LogP contribution in [0.4, 0.5) is 0 Å². The van der Waals surface area contributed by atoms with Gasteiger partial charge in [-0.15, -0.1) is 0 Å². The SMILES string of the molecule is Cc1cccc2c1[n+](-c1c(-c3ccccc3)cccc1-c1cc(C(C)(C)C)cc(C(C)(C)C)c1)[c-]n2-c1cccc(Oc2ccc3c4ccccc4n(-c4cc(C(C)C(C)(C)C)ccn4)c3c2)c1. The molecule has 7 aromatic carbocycles. The number of para-hydroxylation sites is 3. The van der Waals surface area contributed by atoms with Crippen LogP contribution in [0.3, 0.4) is 0 Å². The number of aromatic nitrogens is 4. The second-order valence-electron chi connectivity index (χ2n) is 21.7. The highest BCUT2D eigenvalue weighted by atomic mass is 16.5. The Labute approximate surface area is 402 Å². The third-order valence-electron chi connectivity index (χ3n) is 14.0. The zero-order valence-corrected chi connectivity index (χ0v) is 41.4. The summed E-state index contributed by atoms with van der Waals surface area (Å²) in [6, 6.07) is 59.0. The molecular formula is C63H62N4O. The van der Waals surface area contributed by atoms with Gasteiger partial charge in [-0.2, -0.15) is 0 Å². The van der Waals surface area contributed by atoms with Gasteiger partial charge in [-0.05, 0) is 122 Å². The van der Waals surface area contributed by atoms with Gasteiger partial charge in [0.15, 0.2) is 0 Å². The van der Waals surface area contributed by atoms with Crippen LogP contribution in [0.5, 0.6) is 11.5 Å². The van der Waals surface area contributed by atoms with Crippen molar-refractivity contribution in [3.05, 3.63) is 199 Å². The summed E-state index contributed by atoms with van der Waals surface area (Å²) in [6.45, 7) is 25.2. The monoisotopic (exact) mass is 890 g/mol. The number of nitrogens with zero attached hydrogens (tertiary/aromatic N) is 4. The first-order chi connectivity index (χ1) is 32.4. The highest BCUT2D eigenvalue weighted by Gasteiger charge is 2.26. The molecule has 3 heterocycles. The topological polar surface area (TPSA) is 35.9 Å². The van der Waals surface area contributed by atoms with Gasteiger partial charge in [0.1, 0.15) is 17.3 Å². The van der Waals surface area contributed by atoms with E-state index in [0.717, 1.165) is 78.4 Å². The van der Waals surface area contributed by atoms with Gasteiger partial charge in [-0.3, -0.25) is 13.7 Å². The lowest BCUT2D eigenvalue weighted by atomic mass is 9.78. The number of rotatable bonds is 8. The van der Waals surface area contributed by atoms with Crippen molar-refractivity contribution in [2.45, 2.75) is 92.9 Å². The molecule has 1 atom stereocenters. The fourth-order valence-corrected chi connectivity index (χ4v) is 9.60. The van der Waals surface area contributed by atoms with Crippen molar-refractivity contribution in [1.82, 2.24) is 14.1 Å². The van der Waals surface area contributed by atoms with E-state index in [1.807, 2.05) is 12.3 Å². The molecule has 10 aromatic rings. The Balaban J connectivity index is 1.11. The molecule has 0 N–H and O–H groups in total. The Bertz CT molecular complexity index is 3480. The molecule has 3 aromatic heterocycles. The molecule has 10 rings (SSSR count). The van der Waals surface area contributed by atoms with Crippen LogP contribution in [0.25, 0.3) is 72.3 Å². The molecule has 5 heteroatoms. The molecule has 1 unspecified atom stereocenters. The summed E-state index contributed by atoms with van der Waals surface area (Å²) in [7, 11) is 0. The Morgan fingerprint density at radius 2 is 1.19 bits per heavy atom. The lowest BCUT2D eigenvalue weighted by Crippen LogP contribution is -2.32. The van der Waals surface area contributed by atoms with E-state index < -0.39 is 0 Å². The van der Waals surface area contributed by atoms with Crippen LogP contribution < -0.4 is 9.30 Å². The van der Waals surface area contributed by atoms with Crippen LogP contribution in [-0.4, -0.2) is 14.1 Å². The Kier molecular flexibility index (Phi) is 11.0. The average Bonchev–Trinajstić information content (AvgIpc) is 3.87. The highest BCUT2D eigenvalue weighted by Crippen LogP contribution is 2.41. The smallest absolute Gasteiger partial charge is 0.269 e. The molecule has 0 spiro atoms. The zero-order chi connectivity index (χ0) is 47.7. The van der Waals surface area contributed by atoms with Gasteiger partial charge in [0.05, 0.1) is 33.4 Å². The van der Waals surface area contributed by atoms with Crippen LogP contribution >= 0.6 is 0 Å². The lowest BCUT2D eigenvalue weighted by Gasteiger charge is -2.27. The zero-order valence-electron chi connectivity index (χ0n) is 41.4. The maximum absolute atomic E-state index is 6.83. The summed E-state index contributed by atoms with van der Waals surface area (Å²) in [4.78, 5) is 4.95. The van der Waals surface area contributed by atoms with Gasteiger partial charge in [0, 0.05) is 23.0 Å². The van der Waals surface area contributed by atoms with Crippen LogP contribution in [0.15, 0.2) is 170 Å². The summed E-state index contributed by atoms with van der Waals surface area (Å²) in [5, 5.41) is 2.33. The van der Waals surface area contributed by atoms with Gasteiger partial charge in [-0.1, -0.05) is 178 Å². The molecule has 68 heavy (non-hydrogen) atoms. The van der Waals surface area contributed by atoms with Crippen LogP contribution in [0.2, 0.25) is 0 Å². The molecule has 0 aliphatic carbocycles. The molecule has 0 saturated heterocycles. The Hall–Kier alpha value is -7.24. The third kappa shape index (κ3) is 8.19. The highest BCUT2D eigenvalue weighted by molar-refractivity contribution is 6.09. The predicted octanol–water partition coefficient (Wildman–Crippen LogP) is 16.4. The maximum atomic E-state index is 6.83. The second-order valence-corrected chi connectivity index (χ2v) is 21.7. The molecule has 340 valence electrons. The number of hydrogen-bond acceptors (Lipinski definition) is 2. The Morgan fingerprint density at radius 3 is 1.91 bits per heavy atom. The number of ether oxygens (including phenoxy) is 1. The quantitative estimate of drug-likeness (QED) is 0.113. The van der Waals surface area contributed by atoms with E-state index in [-0.39, 0.29) is 16.2 Å². The van der Waals surface area contributed by atoms with E-state index in [2.05, 4.69) is 254 Å². The standard InChI is InChI=1S/C63H62N4O/c1-41-20-17-29-56-59(41)66(60-51(43-21-13-12-14-22-43)26-19-27-52(60)45-34-46(62(6,7)8)37-47(35-45)63(9,10)11)40-65(56)48-23-18-24-49(38-48)68-50-30-31-54-53-25-15-16-28-55(53)67(57(54)39-50)58-36-44(32-33-64-58)42(2)61(3,4)5/h12-39,42H,1-11H3. The summed E-state index contributed by atoms with van der Waals surface area (Å²) in [5.74, 6) is 2.73. The third-order valence-corrected chi connectivity index (χ3v) is 14.0. The summed E-state index contributed by atoms with van der Waals surface area (Å²) < 4.78 is 13.6. The Morgan fingerprint density at radius 1 is 0.559 bits per heavy atom. The van der Waals surface area contributed by atoms with Gasteiger partial charge in [0.25, 0.3) is 6.33 Å². The minimum absolute atomic E-state index is 0.0374. The second kappa shape index (κ2) is 16.8. The van der Waals surface area contributed by atoms with Gasteiger partial charge < -0.3 is 4.74 Å². The summed E-state index contributed by atoms with van der Waals surface area (Å²) >= 11 is 0. The van der Waals surface area contributed by atoms with Crippen molar-refractivity contribution in [2.24, 2.45) is 5.41 Å². The van der Waals surface area contributed by atoms with E-state index in [1.165, 1.54) is 27.6 Å². The van der Waals surface area contributed by atoms with Crippen molar-refractivity contribution in [3.8, 4) is 50.9 Å². The normalized spacial score (nSPS) is 12.9. The van der Waals surface area contributed by atoms with Gasteiger partial charge in [0.2, 0.25) is 0 Å². The van der Waals surface area contributed by atoms with E-state index in [9.17, 15) is 0 Å². The predicted molar refractivity (Wildman–Crippen MR) is 283 cm³/mol. The van der Waals surface area contributed by atoms with Crippen molar-refractivity contribution in [2.75, 3.05) is 0 Å². The van der Waals surface area contributed by atoms with E-state index in [4.69, 9.17) is 9.72 Å². The maximum Gasteiger partial charge on any atom is 0.269 e. The first kappa shape index (κ1) is 44.6. The molecule has 0 saturated carbocycles. The van der Waals surface area contributed by atoms with Crippen LogP contribution in [0, 0.1) is 18.7 Å². The fourth-order valence-electron chi connectivity index (χ4n) is 9.60. The number of pyridine rings is 1. The summed E-state index contributed by atoms with van der Waals surface area (Å²) in [5.41, 5.74) is 16.1. The van der Waals surface area contributed by atoms with E-state index >= 15 is 0 Å². The van der Waals surface area contributed by atoms with Crippen LogP contribution in [-0.2, 0) is 10.8 Å². The lowest BCUT2D eigenvalue weighted by molar-refractivity contribution is -0.571. The first-order valence-corrected chi connectivity index (χ1v) is 24.0. The number of imidazole rings is 1. The number of fused-ring (bicyclic) bond motifs is 4. The van der Waals surface area contributed by atoms with E-state index in [1.54, 1.807) is 0 Å². The van der Waals surface area contributed by atoms with Crippen molar-refractivity contribution in [3.63, 3.8) is 0 Å². The van der Waals surface area contributed by atoms with E-state index in [0.29, 0.717) is 5.92 Å². The number of hydrogen-bond donors (Lipinski definition) is 0.